The second-order valence-electron chi connectivity index (χ2n) is 6.29. The second kappa shape index (κ2) is 8.31. The molecule has 30 heavy (non-hydrogen) atoms. The number of carbonyl (C=O) groups is 1. The highest BCUT2D eigenvalue weighted by Gasteiger charge is 2.18. The molecule has 0 saturated carbocycles. The normalized spacial score (nSPS) is 11.2. The Bertz CT molecular complexity index is 1180. The van der Waals surface area contributed by atoms with Gasteiger partial charge in [-0.25, -0.2) is 0 Å². The number of ether oxygens (including phenoxy) is 1. The molecular weight excluding hydrogens is 390 g/mol. The van der Waals surface area contributed by atoms with Gasteiger partial charge in [0, 0.05) is 10.9 Å². The molecule has 1 heterocycles. The number of hydrogen-bond donors (Lipinski definition) is 4. The molecule has 3 rings (SSSR count). The van der Waals surface area contributed by atoms with E-state index in [1.165, 1.54) is 13.2 Å². The van der Waals surface area contributed by atoms with Crippen LogP contribution < -0.4 is 21.5 Å². The summed E-state index contributed by atoms with van der Waals surface area (Å²) in [5.41, 5.74) is 12.3. The van der Waals surface area contributed by atoms with Crippen molar-refractivity contribution in [2.45, 2.75) is 6.92 Å². The third kappa shape index (κ3) is 4.35. The topological polar surface area (TPSA) is 174 Å². The Hall–Kier alpha value is -4.41. The van der Waals surface area contributed by atoms with Crippen LogP contribution in [0.4, 0.5) is 11.5 Å². The minimum absolute atomic E-state index is 0.148. The molecule has 6 N–H and O–H groups in total. The first kappa shape index (κ1) is 20.3. The Kier molecular flexibility index (Phi) is 5.63. The summed E-state index contributed by atoms with van der Waals surface area (Å²) in [7, 11) is 1.42. The Balaban J connectivity index is 1.83. The smallest absolute Gasteiger partial charge is 0.297 e. The molecule has 3 aromatic rings. The summed E-state index contributed by atoms with van der Waals surface area (Å²) < 4.78 is 5.10. The number of benzene rings is 2. The minimum Gasteiger partial charge on any atom is -0.496 e. The summed E-state index contributed by atoms with van der Waals surface area (Å²) in [5, 5.41) is 22.0. The van der Waals surface area contributed by atoms with Crippen molar-refractivity contribution in [2.24, 2.45) is 21.7 Å². The molecule has 0 atom stereocenters. The zero-order valence-corrected chi connectivity index (χ0v) is 16.2. The first-order chi connectivity index (χ1) is 14.3. The predicted octanol–water partition coefficient (Wildman–Crippen LogP) is 2.33. The minimum atomic E-state index is -0.516. The lowest BCUT2D eigenvalue weighted by Crippen LogP contribution is -2.22. The van der Waals surface area contributed by atoms with E-state index < -0.39 is 4.92 Å². The average molecular weight is 409 g/mol. The van der Waals surface area contributed by atoms with E-state index in [1.807, 2.05) is 0 Å². The number of guanidine groups is 1. The van der Waals surface area contributed by atoms with E-state index in [9.17, 15) is 14.9 Å². The fourth-order valence-corrected chi connectivity index (χ4v) is 2.78. The van der Waals surface area contributed by atoms with Crippen LogP contribution in [0.1, 0.15) is 22.8 Å². The number of rotatable bonds is 6. The number of hydrogen-bond acceptors (Lipinski definition) is 6. The highest BCUT2D eigenvalue weighted by Crippen LogP contribution is 2.32. The van der Waals surface area contributed by atoms with Gasteiger partial charge in [-0.15, -0.1) is 5.10 Å². The Morgan fingerprint density at radius 3 is 2.40 bits per heavy atom. The number of carbonyl (C=O) groups excluding carboxylic acids is 1. The number of amides is 1. The molecule has 0 saturated heterocycles. The molecule has 11 heteroatoms. The number of aromatic amines is 1. The maximum absolute atomic E-state index is 12.6. The van der Waals surface area contributed by atoms with Crippen molar-refractivity contribution in [1.29, 1.82) is 0 Å². The number of non-ortho nitro benzene ring substituents is 1. The monoisotopic (exact) mass is 409 g/mol. The molecule has 0 radical (unpaired) electrons. The number of nitrogens with two attached hydrogens (primary N) is 2. The van der Waals surface area contributed by atoms with E-state index in [0.29, 0.717) is 28.2 Å². The van der Waals surface area contributed by atoms with Gasteiger partial charge in [-0.1, -0.05) is 12.1 Å². The summed E-state index contributed by atoms with van der Waals surface area (Å²) in [6, 6.07) is 11.2. The molecule has 0 spiro atoms. The Morgan fingerprint density at radius 1 is 1.13 bits per heavy atom. The molecule has 0 fully saturated rings. The number of fused-ring (bicyclic) bond motifs is 1. The molecule has 2 aromatic carbocycles. The molecule has 154 valence electrons. The lowest BCUT2D eigenvalue weighted by molar-refractivity contribution is -0.383. The number of nitrogens with zero attached hydrogens (tertiary/aromatic N) is 3. The number of methoxy groups -OCH3 is 1. The van der Waals surface area contributed by atoms with Gasteiger partial charge in [0.05, 0.1) is 23.8 Å². The van der Waals surface area contributed by atoms with Gasteiger partial charge < -0.3 is 26.5 Å². The Labute approximate surface area is 170 Å². The molecule has 1 aromatic heterocycles. The standard InChI is InChI=1S/C19H19N7O4/c1-10(24-25-19(20)21)11-3-5-12(6-4-11)18(27)23-16-8-13-7-14(30-2)9-15(26(28)29)17(13)22-16/h3-9,22H,1-2H3,(H,23,27)(H4,20,21,25)/b24-10+. The van der Waals surface area contributed by atoms with E-state index in [0.717, 1.165) is 5.56 Å². The van der Waals surface area contributed by atoms with E-state index in [2.05, 4.69) is 20.5 Å². The van der Waals surface area contributed by atoms with Gasteiger partial charge in [0.25, 0.3) is 11.6 Å². The molecule has 0 aliphatic heterocycles. The van der Waals surface area contributed by atoms with Crippen molar-refractivity contribution >= 4 is 40.0 Å². The van der Waals surface area contributed by atoms with Gasteiger partial charge in [0.2, 0.25) is 5.96 Å². The van der Waals surface area contributed by atoms with Gasteiger partial charge >= 0.3 is 0 Å². The molecule has 0 aliphatic rings. The maximum atomic E-state index is 12.6. The Morgan fingerprint density at radius 2 is 1.80 bits per heavy atom. The van der Waals surface area contributed by atoms with Crippen molar-refractivity contribution in [3.63, 3.8) is 0 Å². The van der Waals surface area contributed by atoms with Crippen molar-refractivity contribution in [1.82, 2.24) is 4.98 Å². The zero-order chi connectivity index (χ0) is 21.8. The van der Waals surface area contributed by atoms with Crippen LogP contribution in [0.15, 0.2) is 52.7 Å². The number of nitro benzene ring substituents is 1. The molecule has 1 amide bonds. The van der Waals surface area contributed by atoms with Crippen LogP contribution in [-0.4, -0.2) is 34.6 Å². The van der Waals surface area contributed by atoms with Crippen molar-refractivity contribution in [2.75, 3.05) is 12.4 Å². The fraction of sp³-hybridized carbons (Fsp3) is 0.105. The van der Waals surface area contributed by atoms with Crippen LogP contribution in [0, 0.1) is 10.1 Å². The SMILES string of the molecule is COc1cc([N+](=O)[O-])c2[nH]c(NC(=O)c3ccc(/C(C)=N/N=C(N)N)cc3)cc2c1. The van der Waals surface area contributed by atoms with Crippen LogP contribution in [0.5, 0.6) is 5.75 Å². The van der Waals surface area contributed by atoms with E-state index in [4.69, 9.17) is 16.2 Å². The maximum Gasteiger partial charge on any atom is 0.297 e. The second-order valence-corrected chi connectivity index (χ2v) is 6.29. The fourth-order valence-electron chi connectivity index (χ4n) is 2.78. The number of H-pyrrole nitrogens is 1. The summed E-state index contributed by atoms with van der Waals surface area (Å²) in [5.74, 6) is 0.128. The number of nitrogens with one attached hydrogen (secondary N) is 2. The predicted molar refractivity (Wildman–Crippen MR) is 114 cm³/mol. The largest absolute Gasteiger partial charge is 0.496 e. The van der Waals surface area contributed by atoms with Crippen molar-refractivity contribution < 1.29 is 14.5 Å². The molecular formula is C19H19N7O4. The summed E-state index contributed by atoms with van der Waals surface area (Å²) in [6.45, 7) is 1.73. The van der Waals surface area contributed by atoms with E-state index in [-0.39, 0.29) is 23.1 Å². The van der Waals surface area contributed by atoms with Crippen LogP contribution >= 0.6 is 0 Å². The third-order valence-electron chi connectivity index (χ3n) is 4.24. The van der Waals surface area contributed by atoms with Crippen LogP contribution in [0.2, 0.25) is 0 Å². The van der Waals surface area contributed by atoms with Gasteiger partial charge in [-0.2, -0.15) is 5.10 Å². The average Bonchev–Trinajstić information content (AvgIpc) is 3.13. The molecule has 0 unspecified atom stereocenters. The van der Waals surface area contributed by atoms with Crippen molar-refractivity contribution in [3.8, 4) is 5.75 Å². The van der Waals surface area contributed by atoms with Gasteiger partial charge in [-0.05, 0) is 36.8 Å². The van der Waals surface area contributed by atoms with Gasteiger partial charge in [0.15, 0.2) is 0 Å². The number of nitro groups is 1. The quantitative estimate of drug-likeness (QED) is 0.210. The molecule has 0 bridgehead atoms. The number of aromatic nitrogens is 1. The first-order valence-electron chi connectivity index (χ1n) is 8.68. The van der Waals surface area contributed by atoms with Crippen LogP contribution in [0.3, 0.4) is 0 Å². The van der Waals surface area contributed by atoms with E-state index >= 15 is 0 Å². The highest BCUT2D eigenvalue weighted by molar-refractivity contribution is 6.06. The summed E-state index contributed by atoms with van der Waals surface area (Å²) in [6.07, 6.45) is 0. The van der Waals surface area contributed by atoms with Gasteiger partial charge in [-0.3, -0.25) is 14.9 Å². The highest BCUT2D eigenvalue weighted by atomic mass is 16.6. The summed E-state index contributed by atoms with van der Waals surface area (Å²) in [4.78, 5) is 26.2. The van der Waals surface area contributed by atoms with Crippen molar-refractivity contribution in [3.05, 3.63) is 63.7 Å². The first-order valence-corrected chi connectivity index (χ1v) is 8.68. The van der Waals surface area contributed by atoms with Crippen LogP contribution in [0.25, 0.3) is 10.9 Å². The lowest BCUT2D eigenvalue weighted by atomic mass is 10.1. The lowest BCUT2D eigenvalue weighted by Gasteiger charge is -2.04. The number of anilines is 1. The third-order valence-corrected chi connectivity index (χ3v) is 4.24. The zero-order valence-electron chi connectivity index (χ0n) is 16.2. The summed E-state index contributed by atoms with van der Waals surface area (Å²) >= 11 is 0. The molecule has 11 nitrogen and oxygen atoms in total. The van der Waals surface area contributed by atoms with E-state index in [1.54, 1.807) is 43.3 Å². The van der Waals surface area contributed by atoms with Gasteiger partial charge in [0.1, 0.15) is 17.1 Å². The molecule has 0 aliphatic carbocycles. The van der Waals surface area contributed by atoms with Crippen LogP contribution in [-0.2, 0) is 0 Å².